The minimum Gasteiger partial charge on any atom is -0.378 e. The van der Waals surface area contributed by atoms with E-state index in [9.17, 15) is 10.1 Å². The number of hydrogen-bond acceptors (Lipinski definition) is 6. The summed E-state index contributed by atoms with van der Waals surface area (Å²) in [6.45, 7) is 5.30. The Morgan fingerprint density at radius 1 is 1.57 bits per heavy atom. The van der Waals surface area contributed by atoms with Crippen LogP contribution in [0.1, 0.15) is 26.2 Å². The predicted molar refractivity (Wildman–Crippen MR) is 86.4 cm³/mol. The molecule has 0 saturated carbocycles. The van der Waals surface area contributed by atoms with Gasteiger partial charge in [-0.25, -0.2) is 4.98 Å². The van der Waals surface area contributed by atoms with Crippen LogP contribution in [0.5, 0.6) is 0 Å². The zero-order valence-corrected chi connectivity index (χ0v) is 13.6. The molecule has 1 aromatic heterocycles. The number of hydrogen-bond donors (Lipinski definition) is 2. The fourth-order valence-corrected chi connectivity index (χ4v) is 3.04. The number of aromatic nitrogens is 1. The van der Waals surface area contributed by atoms with Crippen molar-refractivity contribution in [3.8, 4) is 0 Å². The number of nitro groups is 1. The van der Waals surface area contributed by atoms with Gasteiger partial charge in [0, 0.05) is 25.3 Å². The number of nitrogens with one attached hydrogen (secondary N) is 1. The third-order valence-electron chi connectivity index (χ3n) is 3.69. The van der Waals surface area contributed by atoms with Crippen molar-refractivity contribution in [2.45, 2.75) is 32.2 Å². The first-order valence-corrected chi connectivity index (χ1v) is 7.89. The number of nitrogen functional groups attached to an aromatic ring is 1. The Balaban J connectivity index is 2.10. The normalized spacial score (nSPS) is 16.9. The van der Waals surface area contributed by atoms with Gasteiger partial charge in [0.05, 0.1) is 9.40 Å². The Morgan fingerprint density at radius 2 is 2.24 bits per heavy atom. The van der Waals surface area contributed by atoms with E-state index < -0.39 is 4.92 Å². The van der Waals surface area contributed by atoms with Crippen LogP contribution in [0, 0.1) is 10.1 Å². The first kappa shape index (κ1) is 16.0. The van der Waals surface area contributed by atoms with Gasteiger partial charge in [0.1, 0.15) is 5.69 Å². The first-order chi connectivity index (χ1) is 10.0. The van der Waals surface area contributed by atoms with Gasteiger partial charge in [-0.05, 0) is 41.7 Å². The Bertz CT molecular complexity index is 518. The SMILES string of the molecule is CCCN1CCC(Nc2c(Br)cnc(N)c2[N+](=O)[O-])CC1. The summed E-state index contributed by atoms with van der Waals surface area (Å²) in [6.07, 6.45) is 4.57. The van der Waals surface area contributed by atoms with Gasteiger partial charge in [0.2, 0.25) is 5.82 Å². The first-order valence-electron chi connectivity index (χ1n) is 7.10. The molecule has 1 aliphatic rings. The van der Waals surface area contributed by atoms with Crippen LogP contribution < -0.4 is 11.1 Å². The molecule has 0 aliphatic carbocycles. The maximum Gasteiger partial charge on any atom is 0.335 e. The van der Waals surface area contributed by atoms with Crippen LogP contribution in [0.25, 0.3) is 0 Å². The number of nitrogens with zero attached hydrogens (tertiary/aromatic N) is 3. The average molecular weight is 358 g/mol. The van der Waals surface area contributed by atoms with E-state index >= 15 is 0 Å². The molecule has 1 aliphatic heterocycles. The highest BCUT2D eigenvalue weighted by Gasteiger charge is 2.26. The minimum atomic E-state index is -0.484. The van der Waals surface area contributed by atoms with Crippen LogP contribution in [-0.4, -0.2) is 40.5 Å². The molecule has 116 valence electrons. The lowest BCUT2D eigenvalue weighted by atomic mass is 10.0. The van der Waals surface area contributed by atoms with Gasteiger partial charge in [-0.15, -0.1) is 0 Å². The van der Waals surface area contributed by atoms with Crippen LogP contribution in [0.15, 0.2) is 10.7 Å². The van der Waals surface area contributed by atoms with Crippen molar-refractivity contribution in [3.63, 3.8) is 0 Å². The van der Waals surface area contributed by atoms with Crippen molar-refractivity contribution in [2.75, 3.05) is 30.7 Å². The third-order valence-corrected chi connectivity index (χ3v) is 4.29. The van der Waals surface area contributed by atoms with Crippen molar-refractivity contribution < 1.29 is 4.92 Å². The highest BCUT2D eigenvalue weighted by Crippen LogP contribution is 2.36. The zero-order valence-electron chi connectivity index (χ0n) is 12.0. The molecule has 2 rings (SSSR count). The average Bonchev–Trinajstić information content (AvgIpc) is 2.45. The quantitative estimate of drug-likeness (QED) is 0.620. The molecule has 1 fully saturated rings. The Morgan fingerprint density at radius 3 is 2.81 bits per heavy atom. The predicted octanol–water partition coefficient (Wildman–Crippen LogP) is 2.62. The maximum absolute atomic E-state index is 11.2. The summed E-state index contributed by atoms with van der Waals surface area (Å²) in [7, 11) is 0. The van der Waals surface area contributed by atoms with E-state index in [1.807, 2.05) is 0 Å². The standard InChI is InChI=1S/C13H20BrN5O2/c1-2-5-18-6-3-9(4-7-18)17-11-10(14)8-16-13(15)12(11)19(20)21/h8-9H,2-7H2,1H3,(H3,15,16,17). The van der Waals surface area contributed by atoms with Gasteiger partial charge < -0.3 is 16.0 Å². The van der Waals surface area contributed by atoms with E-state index in [4.69, 9.17) is 5.73 Å². The van der Waals surface area contributed by atoms with Crippen LogP contribution in [0.3, 0.4) is 0 Å². The lowest BCUT2D eigenvalue weighted by Crippen LogP contribution is -2.39. The van der Waals surface area contributed by atoms with Gasteiger partial charge in [-0.1, -0.05) is 6.92 Å². The molecule has 0 radical (unpaired) electrons. The van der Waals surface area contributed by atoms with Crippen LogP contribution in [-0.2, 0) is 0 Å². The number of halogens is 1. The van der Waals surface area contributed by atoms with Gasteiger partial charge in [-0.3, -0.25) is 10.1 Å². The number of rotatable bonds is 5. The summed E-state index contributed by atoms with van der Waals surface area (Å²) in [5.74, 6) is -0.0610. The van der Waals surface area contributed by atoms with Gasteiger partial charge in [-0.2, -0.15) is 0 Å². The Kier molecular flexibility index (Phi) is 5.35. The summed E-state index contributed by atoms with van der Waals surface area (Å²) >= 11 is 3.32. The largest absolute Gasteiger partial charge is 0.378 e. The smallest absolute Gasteiger partial charge is 0.335 e. The highest BCUT2D eigenvalue weighted by atomic mass is 79.9. The molecule has 1 saturated heterocycles. The number of nitrogens with two attached hydrogens (primary N) is 1. The molecule has 0 aromatic carbocycles. The molecular weight excluding hydrogens is 338 g/mol. The van der Waals surface area contributed by atoms with Gasteiger partial charge in [0.15, 0.2) is 0 Å². The maximum atomic E-state index is 11.2. The van der Waals surface area contributed by atoms with Crippen molar-refractivity contribution >= 4 is 33.1 Å². The summed E-state index contributed by atoms with van der Waals surface area (Å²) in [4.78, 5) is 17.0. The van der Waals surface area contributed by atoms with Crippen molar-refractivity contribution in [1.29, 1.82) is 0 Å². The molecule has 21 heavy (non-hydrogen) atoms. The lowest BCUT2D eigenvalue weighted by molar-refractivity contribution is -0.383. The molecule has 8 heteroatoms. The molecule has 0 atom stereocenters. The molecule has 0 unspecified atom stereocenters. The molecule has 3 N–H and O–H groups in total. The lowest BCUT2D eigenvalue weighted by Gasteiger charge is -2.32. The third kappa shape index (κ3) is 3.82. The minimum absolute atomic E-state index is 0.0610. The van der Waals surface area contributed by atoms with Crippen molar-refractivity contribution in [3.05, 3.63) is 20.8 Å². The number of piperidine rings is 1. The van der Waals surface area contributed by atoms with E-state index in [0.717, 1.165) is 38.9 Å². The summed E-state index contributed by atoms with van der Waals surface area (Å²) in [6, 6.07) is 0.218. The summed E-state index contributed by atoms with van der Waals surface area (Å²) in [5.41, 5.74) is 5.92. The molecular formula is C13H20BrN5O2. The number of anilines is 2. The van der Waals surface area contributed by atoms with E-state index in [1.165, 1.54) is 6.20 Å². The van der Waals surface area contributed by atoms with Crippen LogP contribution in [0.4, 0.5) is 17.2 Å². The van der Waals surface area contributed by atoms with Crippen LogP contribution in [0.2, 0.25) is 0 Å². The van der Waals surface area contributed by atoms with Crippen molar-refractivity contribution in [2.24, 2.45) is 0 Å². The van der Waals surface area contributed by atoms with Gasteiger partial charge >= 0.3 is 5.69 Å². The molecule has 0 bridgehead atoms. The van der Waals surface area contributed by atoms with Gasteiger partial charge in [0.25, 0.3) is 0 Å². The molecule has 1 aromatic rings. The zero-order chi connectivity index (χ0) is 15.4. The molecule has 0 amide bonds. The Hall–Kier alpha value is -1.41. The monoisotopic (exact) mass is 357 g/mol. The molecule has 7 nitrogen and oxygen atoms in total. The summed E-state index contributed by atoms with van der Waals surface area (Å²) < 4.78 is 0.569. The summed E-state index contributed by atoms with van der Waals surface area (Å²) in [5, 5.41) is 14.5. The number of pyridine rings is 1. The second-order valence-electron chi connectivity index (χ2n) is 5.23. The fourth-order valence-electron chi connectivity index (χ4n) is 2.64. The van der Waals surface area contributed by atoms with E-state index in [1.54, 1.807) is 0 Å². The van der Waals surface area contributed by atoms with E-state index in [-0.39, 0.29) is 17.5 Å². The second-order valence-corrected chi connectivity index (χ2v) is 6.09. The molecule has 2 heterocycles. The second kappa shape index (κ2) is 7.04. The highest BCUT2D eigenvalue weighted by molar-refractivity contribution is 9.10. The Labute approximate surface area is 132 Å². The number of likely N-dealkylation sites (tertiary alicyclic amines) is 1. The topological polar surface area (TPSA) is 97.3 Å². The van der Waals surface area contributed by atoms with Crippen molar-refractivity contribution in [1.82, 2.24) is 9.88 Å². The fraction of sp³-hybridized carbons (Fsp3) is 0.615. The van der Waals surface area contributed by atoms with E-state index in [0.29, 0.717) is 10.2 Å². The van der Waals surface area contributed by atoms with Crippen LogP contribution >= 0.6 is 15.9 Å². The molecule has 0 spiro atoms. The van der Waals surface area contributed by atoms with E-state index in [2.05, 4.69) is 38.1 Å².